The summed E-state index contributed by atoms with van der Waals surface area (Å²) in [5.74, 6) is -0.144. The molecule has 2 aliphatic heterocycles. The van der Waals surface area contributed by atoms with E-state index in [4.69, 9.17) is 30.0 Å². The summed E-state index contributed by atoms with van der Waals surface area (Å²) >= 11 is 0. The number of imidazole rings is 1. The van der Waals surface area contributed by atoms with Gasteiger partial charge in [-0.15, -0.1) is 0 Å². The molecule has 19 heteroatoms. The number of aromatic nitrogens is 6. The van der Waals surface area contributed by atoms with E-state index in [9.17, 15) is 29.5 Å². The van der Waals surface area contributed by atoms with Gasteiger partial charge in [-0.1, -0.05) is 0 Å². The zero-order valence-electron chi connectivity index (χ0n) is 20.4. The number of aliphatic hydroxyl groups excluding tert-OH is 3. The van der Waals surface area contributed by atoms with Gasteiger partial charge in [0.25, 0.3) is 5.56 Å². The summed E-state index contributed by atoms with van der Waals surface area (Å²) in [5.41, 5.74) is 9.84. The number of aromatic amines is 1. The third kappa shape index (κ3) is 5.32. The quantitative estimate of drug-likeness (QED) is 0.155. The maximum absolute atomic E-state index is 13.1. The first-order chi connectivity index (χ1) is 18.5. The van der Waals surface area contributed by atoms with Crippen LogP contribution in [0.1, 0.15) is 18.9 Å². The van der Waals surface area contributed by atoms with Crippen molar-refractivity contribution in [2.24, 2.45) is 0 Å². The highest BCUT2D eigenvalue weighted by molar-refractivity contribution is 7.53. The van der Waals surface area contributed by atoms with Crippen molar-refractivity contribution >= 4 is 30.5 Å². The first-order valence-electron chi connectivity index (χ1n) is 11.7. The van der Waals surface area contributed by atoms with Gasteiger partial charge in [-0.05, 0) is 6.07 Å². The zero-order chi connectivity index (χ0) is 28.1. The van der Waals surface area contributed by atoms with E-state index >= 15 is 0 Å². The number of anilines is 2. The van der Waals surface area contributed by atoms with Crippen LogP contribution in [0.2, 0.25) is 0 Å². The van der Waals surface area contributed by atoms with E-state index in [0.29, 0.717) is 0 Å². The van der Waals surface area contributed by atoms with Crippen LogP contribution in [0, 0.1) is 0 Å². The van der Waals surface area contributed by atoms with Crippen LogP contribution in [0.5, 0.6) is 0 Å². The predicted octanol–water partition coefficient (Wildman–Crippen LogP) is -2.34. The highest BCUT2D eigenvalue weighted by Gasteiger charge is 2.46. The third-order valence-electron chi connectivity index (χ3n) is 6.38. The van der Waals surface area contributed by atoms with Crippen molar-refractivity contribution in [2.75, 3.05) is 31.3 Å². The number of ether oxygens (including phenoxy) is 2. The number of H-pyrrole nitrogens is 1. The Hall–Kier alpha value is -3.22. The van der Waals surface area contributed by atoms with Crippen LogP contribution in [0.3, 0.4) is 0 Å². The molecule has 0 aliphatic carbocycles. The van der Waals surface area contributed by atoms with Crippen molar-refractivity contribution in [3.05, 3.63) is 39.4 Å². The van der Waals surface area contributed by atoms with Gasteiger partial charge < -0.3 is 45.3 Å². The molecule has 3 aromatic heterocycles. The lowest BCUT2D eigenvalue weighted by Gasteiger charge is -2.23. The minimum Gasteiger partial charge on any atom is -0.394 e. The molecule has 2 fully saturated rings. The highest BCUT2D eigenvalue weighted by atomic mass is 31.2. The molecule has 2 saturated heterocycles. The molecule has 0 bridgehead atoms. The largest absolute Gasteiger partial charge is 0.394 e. The monoisotopic (exact) mass is 570 g/mol. The maximum Gasteiger partial charge on any atom is 0.351 e. The van der Waals surface area contributed by atoms with Crippen molar-refractivity contribution in [1.29, 1.82) is 0 Å². The number of rotatable bonds is 8. The summed E-state index contributed by atoms with van der Waals surface area (Å²) in [6.07, 6.45) is -5.37. The number of hydrogen-bond donors (Lipinski definition) is 6. The molecule has 2 aliphatic rings. The van der Waals surface area contributed by atoms with Gasteiger partial charge in [0.2, 0.25) is 5.95 Å². The molecule has 5 heterocycles. The second-order valence-corrected chi connectivity index (χ2v) is 11.1. The summed E-state index contributed by atoms with van der Waals surface area (Å²) < 4.78 is 38.0. The lowest BCUT2D eigenvalue weighted by molar-refractivity contribution is -0.0544. The Morgan fingerprint density at radius 3 is 2.67 bits per heavy atom. The summed E-state index contributed by atoms with van der Waals surface area (Å²) in [7, 11) is -3.84. The number of nitrogens with two attached hydrogens (primary N) is 2. The molecule has 212 valence electrons. The number of nitrogen functional groups attached to an aromatic ring is 2. The third-order valence-corrected chi connectivity index (χ3v) is 7.66. The molecule has 0 saturated carbocycles. The summed E-state index contributed by atoms with van der Waals surface area (Å²) in [4.78, 5) is 38.1. The van der Waals surface area contributed by atoms with Crippen molar-refractivity contribution in [3.8, 4) is 0 Å². The molecule has 0 radical (unpaired) electrons. The summed E-state index contributed by atoms with van der Waals surface area (Å²) in [5, 5.41) is 30.9. The standard InChI is InChI=1S/C20H27N8O10P/c1-39(34,38-8-4-12(36-9(8)5-29)27-3-2-11(21)24-20(27)33)35-6-10-14(30)15(31)18(37-10)28-7-23-13-16(28)25-19(22)26-17(13)32/h2-3,7-10,12,14-15,18,29-31H,4-6H2,1H3,(H2,21,24,33)(H3,22,25,26,32)/t8-,9+,10+,12+,14+,15+,18+,39?/m0/s1. The van der Waals surface area contributed by atoms with Crippen molar-refractivity contribution < 1.29 is 38.4 Å². The second-order valence-electron chi connectivity index (χ2n) is 9.12. The van der Waals surface area contributed by atoms with Crippen LogP contribution in [-0.2, 0) is 23.1 Å². The Labute approximate surface area is 218 Å². The summed E-state index contributed by atoms with van der Waals surface area (Å²) in [6.45, 7) is 0.244. The molecule has 39 heavy (non-hydrogen) atoms. The topological polar surface area (TPSA) is 265 Å². The SMILES string of the molecule is CP(=O)(OC[C@H]1O[C@@H](n2cnc3c(=O)[nH]c(N)nc32)[C@H](O)[C@@H]1O)O[C@H]1C[C@H](n2ccc(N)nc2=O)O[C@@H]1CO. The van der Waals surface area contributed by atoms with E-state index in [1.807, 2.05) is 0 Å². The normalized spacial score (nSPS) is 30.6. The van der Waals surface area contributed by atoms with Crippen LogP contribution in [0.4, 0.5) is 11.8 Å². The van der Waals surface area contributed by atoms with Gasteiger partial charge in [0.15, 0.2) is 17.4 Å². The molecule has 0 aromatic carbocycles. The van der Waals surface area contributed by atoms with Crippen LogP contribution >= 0.6 is 7.60 Å². The highest BCUT2D eigenvalue weighted by Crippen LogP contribution is 2.49. The Kier molecular flexibility index (Phi) is 7.29. The van der Waals surface area contributed by atoms with Gasteiger partial charge >= 0.3 is 13.3 Å². The average molecular weight is 570 g/mol. The second kappa shape index (κ2) is 10.4. The van der Waals surface area contributed by atoms with Gasteiger partial charge in [0.05, 0.1) is 25.6 Å². The van der Waals surface area contributed by atoms with Crippen LogP contribution in [0.15, 0.2) is 28.2 Å². The van der Waals surface area contributed by atoms with Crippen LogP contribution < -0.4 is 22.7 Å². The fourth-order valence-electron chi connectivity index (χ4n) is 4.50. The minimum atomic E-state index is -3.84. The molecule has 0 spiro atoms. The Morgan fingerprint density at radius 2 is 1.95 bits per heavy atom. The smallest absolute Gasteiger partial charge is 0.351 e. The lowest BCUT2D eigenvalue weighted by atomic mass is 10.1. The van der Waals surface area contributed by atoms with Gasteiger partial charge in [-0.25, -0.2) is 9.78 Å². The molecule has 18 nitrogen and oxygen atoms in total. The van der Waals surface area contributed by atoms with Gasteiger partial charge in [0, 0.05) is 19.3 Å². The van der Waals surface area contributed by atoms with Gasteiger partial charge in [0.1, 0.15) is 36.5 Å². The number of hydrogen-bond acceptors (Lipinski definition) is 15. The minimum absolute atomic E-state index is 0.0276. The molecule has 8 N–H and O–H groups in total. The van der Waals surface area contributed by atoms with Crippen LogP contribution in [0.25, 0.3) is 11.2 Å². The molecular weight excluding hydrogens is 543 g/mol. The van der Waals surface area contributed by atoms with E-state index in [0.717, 1.165) is 0 Å². The first-order valence-corrected chi connectivity index (χ1v) is 13.7. The van der Waals surface area contributed by atoms with E-state index < -0.39 is 75.0 Å². The average Bonchev–Trinajstić information content (AvgIpc) is 3.54. The van der Waals surface area contributed by atoms with Crippen molar-refractivity contribution in [2.45, 2.75) is 49.4 Å². The molecular formula is C20H27N8O10P. The van der Waals surface area contributed by atoms with Crippen molar-refractivity contribution in [3.63, 3.8) is 0 Å². The van der Waals surface area contributed by atoms with E-state index in [2.05, 4.69) is 19.9 Å². The number of nitrogens with zero attached hydrogens (tertiary/aromatic N) is 5. The lowest BCUT2D eigenvalue weighted by Crippen LogP contribution is -2.34. The van der Waals surface area contributed by atoms with Crippen LogP contribution in [-0.4, -0.2) is 94.8 Å². The number of nitrogens with one attached hydrogen (secondary N) is 1. The van der Waals surface area contributed by atoms with Crippen molar-refractivity contribution in [1.82, 2.24) is 29.1 Å². The molecule has 0 amide bonds. The number of aliphatic hydroxyl groups is 3. The molecule has 5 rings (SSSR count). The van der Waals surface area contributed by atoms with E-state index in [-0.39, 0.29) is 29.4 Å². The maximum atomic E-state index is 13.1. The molecule has 8 atom stereocenters. The Bertz CT molecular complexity index is 1530. The Morgan fingerprint density at radius 1 is 1.18 bits per heavy atom. The summed E-state index contributed by atoms with van der Waals surface area (Å²) in [6, 6.07) is 1.41. The number of fused-ring (bicyclic) bond motifs is 1. The molecule has 3 aromatic rings. The van der Waals surface area contributed by atoms with Gasteiger partial charge in [-0.2, -0.15) is 9.97 Å². The molecule has 1 unspecified atom stereocenters. The van der Waals surface area contributed by atoms with E-state index in [1.165, 1.54) is 34.4 Å². The first kappa shape index (κ1) is 27.4. The predicted molar refractivity (Wildman–Crippen MR) is 131 cm³/mol. The Balaban J connectivity index is 1.24. The van der Waals surface area contributed by atoms with E-state index in [1.54, 1.807) is 0 Å². The van der Waals surface area contributed by atoms with Gasteiger partial charge in [-0.3, -0.25) is 23.5 Å². The fraction of sp³-hybridized carbons (Fsp3) is 0.550. The fourth-order valence-corrected chi connectivity index (χ4v) is 5.69. The zero-order valence-corrected chi connectivity index (χ0v) is 21.3.